The summed E-state index contributed by atoms with van der Waals surface area (Å²) in [4.78, 5) is 12.9. The largest absolute Gasteiger partial charge is 0.379 e. The van der Waals surface area contributed by atoms with Gasteiger partial charge in [0.25, 0.3) is 0 Å². The van der Waals surface area contributed by atoms with E-state index in [1.165, 1.54) is 22.1 Å². The zero-order chi connectivity index (χ0) is 21.3. The van der Waals surface area contributed by atoms with E-state index in [0.717, 1.165) is 18.0 Å². The smallest absolute Gasteiger partial charge is 0.243 e. The molecule has 0 spiro atoms. The molecule has 4 rings (SSSR count). The fourth-order valence-electron chi connectivity index (χ4n) is 3.26. The number of nitrogens with one attached hydrogen (secondary N) is 1. The summed E-state index contributed by atoms with van der Waals surface area (Å²) in [6, 6.07) is 5.39. The van der Waals surface area contributed by atoms with Gasteiger partial charge in [-0.1, -0.05) is 17.8 Å². The summed E-state index contributed by atoms with van der Waals surface area (Å²) in [7, 11) is -3.65. The maximum atomic E-state index is 13.0. The second-order valence-corrected chi connectivity index (χ2v) is 10.7. The van der Waals surface area contributed by atoms with Gasteiger partial charge in [0.05, 0.1) is 23.4 Å². The standard InChI is InChI=1S/C19H25N5O4S2/c1-13-3-4-15(11-17(13)30(26,27)23-7-9-28-10-8-23)21-18(25)14(2)29-19-22-20-12-24(19)16-5-6-16/h3-4,11-12,14,16H,5-10H2,1-2H3,(H,21,25). The molecule has 1 saturated heterocycles. The van der Waals surface area contributed by atoms with Crippen molar-refractivity contribution in [1.29, 1.82) is 0 Å². The number of morpholine rings is 1. The molecule has 1 aliphatic heterocycles. The van der Waals surface area contributed by atoms with Crippen LogP contribution in [0.1, 0.15) is 31.4 Å². The molecule has 0 bridgehead atoms. The summed E-state index contributed by atoms with van der Waals surface area (Å²) < 4.78 is 34.8. The molecule has 1 aromatic carbocycles. The van der Waals surface area contributed by atoms with Gasteiger partial charge in [-0.2, -0.15) is 4.31 Å². The molecule has 1 N–H and O–H groups in total. The van der Waals surface area contributed by atoms with Crippen molar-refractivity contribution in [2.24, 2.45) is 0 Å². The molecule has 1 unspecified atom stereocenters. The molecule has 162 valence electrons. The molecule has 30 heavy (non-hydrogen) atoms. The molecule has 11 heteroatoms. The first kappa shape index (κ1) is 21.3. The van der Waals surface area contributed by atoms with Crippen molar-refractivity contribution in [3.05, 3.63) is 30.1 Å². The Balaban J connectivity index is 1.47. The van der Waals surface area contributed by atoms with E-state index in [9.17, 15) is 13.2 Å². The number of aromatic nitrogens is 3. The molecule has 1 saturated carbocycles. The summed E-state index contributed by atoms with van der Waals surface area (Å²) in [6.45, 7) is 4.97. The van der Waals surface area contributed by atoms with Crippen LogP contribution >= 0.6 is 11.8 Å². The van der Waals surface area contributed by atoms with Crippen LogP contribution in [0.2, 0.25) is 0 Å². The number of sulfonamides is 1. The summed E-state index contributed by atoms with van der Waals surface area (Å²) >= 11 is 1.35. The highest BCUT2D eigenvalue weighted by molar-refractivity contribution is 8.00. The minimum absolute atomic E-state index is 0.205. The van der Waals surface area contributed by atoms with Gasteiger partial charge in [-0.3, -0.25) is 4.79 Å². The van der Waals surface area contributed by atoms with Gasteiger partial charge in [0.2, 0.25) is 15.9 Å². The van der Waals surface area contributed by atoms with Crippen LogP contribution in [0.4, 0.5) is 5.69 Å². The van der Waals surface area contributed by atoms with E-state index in [1.807, 2.05) is 4.57 Å². The molecule has 2 aromatic rings. The lowest BCUT2D eigenvalue weighted by atomic mass is 10.2. The van der Waals surface area contributed by atoms with E-state index in [0.29, 0.717) is 43.6 Å². The van der Waals surface area contributed by atoms with Gasteiger partial charge < -0.3 is 14.6 Å². The number of anilines is 1. The first-order chi connectivity index (χ1) is 14.4. The van der Waals surface area contributed by atoms with Crippen molar-refractivity contribution in [3.8, 4) is 0 Å². The molecule has 1 atom stereocenters. The summed E-state index contributed by atoms with van der Waals surface area (Å²) in [6.07, 6.45) is 3.92. The molecule has 1 aliphatic carbocycles. The monoisotopic (exact) mass is 451 g/mol. The molecular formula is C19H25N5O4S2. The third kappa shape index (κ3) is 4.53. The Bertz CT molecular complexity index is 1030. The van der Waals surface area contributed by atoms with Crippen LogP contribution in [0.15, 0.2) is 34.6 Å². The van der Waals surface area contributed by atoms with Crippen LogP contribution in [0.3, 0.4) is 0 Å². The van der Waals surface area contributed by atoms with Gasteiger partial charge >= 0.3 is 0 Å². The van der Waals surface area contributed by atoms with Crippen molar-refractivity contribution in [3.63, 3.8) is 0 Å². The lowest BCUT2D eigenvalue weighted by Gasteiger charge is -2.27. The number of ether oxygens (including phenoxy) is 1. The van der Waals surface area contributed by atoms with Crippen molar-refractivity contribution in [2.45, 2.75) is 48.0 Å². The fourth-order valence-corrected chi connectivity index (χ4v) is 5.81. The number of nitrogens with zero attached hydrogens (tertiary/aromatic N) is 4. The van der Waals surface area contributed by atoms with Crippen molar-refractivity contribution >= 4 is 33.4 Å². The number of amides is 1. The summed E-state index contributed by atoms with van der Waals surface area (Å²) in [5.41, 5.74) is 1.09. The maximum absolute atomic E-state index is 13.0. The first-order valence-corrected chi connectivity index (χ1v) is 12.2. The maximum Gasteiger partial charge on any atom is 0.243 e. The van der Waals surface area contributed by atoms with Crippen LogP contribution < -0.4 is 5.32 Å². The number of carbonyl (C=O) groups excluding carboxylic acids is 1. The Hall–Kier alpha value is -1.95. The van der Waals surface area contributed by atoms with E-state index in [-0.39, 0.29) is 10.8 Å². The molecule has 1 aromatic heterocycles. The van der Waals surface area contributed by atoms with Crippen LogP contribution in [0, 0.1) is 6.92 Å². The van der Waals surface area contributed by atoms with Gasteiger partial charge in [-0.25, -0.2) is 8.42 Å². The van der Waals surface area contributed by atoms with Gasteiger partial charge in [0.1, 0.15) is 6.33 Å². The van der Waals surface area contributed by atoms with E-state index in [2.05, 4.69) is 15.5 Å². The SMILES string of the molecule is Cc1ccc(NC(=O)C(C)Sc2nncn2C2CC2)cc1S(=O)(=O)N1CCOCC1. The Morgan fingerprint density at radius 2 is 2.03 bits per heavy atom. The Labute approximate surface area is 180 Å². The number of carbonyl (C=O) groups is 1. The van der Waals surface area contributed by atoms with Crippen LogP contribution in [0.25, 0.3) is 0 Å². The van der Waals surface area contributed by atoms with E-state index in [1.54, 1.807) is 32.3 Å². The Morgan fingerprint density at radius 3 is 2.73 bits per heavy atom. The molecule has 2 aliphatic rings. The lowest BCUT2D eigenvalue weighted by molar-refractivity contribution is -0.115. The second kappa shape index (κ2) is 8.66. The molecule has 9 nitrogen and oxygen atoms in total. The minimum atomic E-state index is -3.65. The van der Waals surface area contributed by atoms with Crippen LogP contribution in [-0.4, -0.2) is 64.9 Å². The lowest BCUT2D eigenvalue weighted by Crippen LogP contribution is -2.40. The molecule has 1 amide bonds. The van der Waals surface area contributed by atoms with E-state index in [4.69, 9.17) is 4.74 Å². The van der Waals surface area contributed by atoms with Crippen LogP contribution in [0.5, 0.6) is 0 Å². The topological polar surface area (TPSA) is 106 Å². The average molecular weight is 452 g/mol. The fraction of sp³-hybridized carbons (Fsp3) is 0.526. The third-order valence-electron chi connectivity index (χ3n) is 5.18. The molecule has 2 fully saturated rings. The zero-order valence-corrected chi connectivity index (χ0v) is 18.6. The number of thioether (sulfide) groups is 1. The molecular weight excluding hydrogens is 426 g/mol. The minimum Gasteiger partial charge on any atom is -0.379 e. The highest BCUT2D eigenvalue weighted by Gasteiger charge is 2.29. The van der Waals surface area contributed by atoms with Gasteiger partial charge in [-0.05, 0) is 44.4 Å². The Morgan fingerprint density at radius 1 is 1.30 bits per heavy atom. The normalized spacial score (nSPS) is 18.9. The Kier molecular flexibility index (Phi) is 6.14. The summed E-state index contributed by atoms with van der Waals surface area (Å²) in [5, 5.41) is 11.2. The zero-order valence-electron chi connectivity index (χ0n) is 16.9. The molecule has 0 radical (unpaired) electrons. The van der Waals surface area contributed by atoms with Gasteiger partial charge in [0.15, 0.2) is 5.16 Å². The number of hydrogen-bond donors (Lipinski definition) is 1. The van der Waals surface area contributed by atoms with E-state index < -0.39 is 15.3 Å². The van der Waals surface area contributed by atoms with Crippen LogP contribution in [-0.2, 0) is 19.6 Å². The van der Waals surface area contributed by atoms with Gasteiger partial charge in [-0.15, -0.1) is 10.2 Å². The number of benzene rings is 1. The average Bonchev–Trinajstić information content (AvgIpc) is 3.48. The van der Waals surface area contributed by atoms with Gasteiger partial charge in [0, 0.05) is 24.8 Å². The highest BCUT2D eigenvalue weighted by atomic mass is 32.2. The number of rotatable bonds is 7. The predicted molar refractivity (Wildman–Crippen MR) is 113 cm³/mol. The second-order valence-electron chi connectivity index (χ2n) is 7.50. The van der Waals surface area contributed by atoms with Crippen molar-refractivity contribution in [1.82, 2.24) is 19.1 Å². The molecule has 2 heterocycles. The number of hydrogen-bond acceptors (Lipinski definition) is 7. The van der Waals surface area contributed by atoms with Crippen molar-refractivity contribution in [2.75, 3.05) is 31.6 Å². The quantitative estimate of drug-likeness (QED) is 0.642. The third-order valence-corrected chi connectivity index (χ3v) is 8.29. The highest BCUT2D eigenvalue weighted by Crippen LogP contribution is 2.38. The predicted octanol–water partition coefficient (Wildman–Crippen LogP) is 2.06. The van der Waals surface area contributed by atoms with E-state index >= 15 is 0 Å². The first-order valence-electron chi connectivity index (χ1n) is 9.92. The summed E-state index contributed by atoms with van der Waals surface area (Å²) in [5.74, 6) is -0.219. The van der Waals surface area contributed by atoms with Crippen molar-refractivity contribution < 1.29 is 17.9 Å². The number of aryl methyl sites for hydroxylation is 1.